The van der Waals surface area contributed by atoms with Crippen molar-refractivity contribution in [3.8, 4) is 12.5 Å². The number of aliphatic hydroxyl groups excluding tert-OH is 4. The van der Waals surface area contributed by atoms with E-state index in [1.54, 1.807) is 0 Å². The second-order valence-electron chi connectivity index (χ2n) is 6.06. The zero-order valence-electron chi connectivity index (χ0n) is 12.6. The zero-order valence-corrected chi connectivity index (χ0v) is 12.6. The fourth-order valence-corrected chi connectivity index (χ4v) is 3.26. The predicted molar refractivity (Wildman–Crippen MR) is 78.2 cm³/mol. The van der Waals surface area contributed by atoms with Crippen molar-refractivity contribution < 1.29 is 29.9 Å². The lowest BCUT2D eigenvalue weighted by Crippen LogP contribution is -2.53. The molecule has 0 radical (unpaired) electrons. The molecule has 0 aromatic heterocycles. The first kappa shape index (κ1) is 16.7. The van der Waals surface area contributed by atoms with Gasteiger partial charge in [0.1, 0.15) is 24.5 Å². The summed E-state index contributed by atoms with van der Waals surface area (Å²) in [5, 5.41) is 42.7. The minimum atomic E-state index is -1.23. The van der Waals surface area contributed by atoms with Gasteiger partial charge in [-0.2, -0.15) is 0 Å². The van der Waals surface area contributed by atoms with Crippen LogP contribution in [0.1, 0.15) is 19.3 Å². The van der Waals surface area contributed by atoms with Crippen molar-refractivity contribution in [2.75, 3.05) is 6.61 Å². The van der Waals surface area contributed by atoms with E-state index >= 15 is 0 Å². The van der Waals surface area contributed by atoms with Crippen LogP contribution in [-0.4, -0.2) is 75.0 Å². The van der Waals surface area contributed by atoms with Gasteiger partial charge < -0.3 is 29.9 Å². The maximum Gasteiger partial charge on any atom is 0.196 e. The van der Waals surface area contributed by atoms with Gasteiger partial charge >= 0.3 is 0 Å². The first-order valence-corrected chi connectivity index (χ1v) is 7.73. The Morgan fingerprint density at radius 1 is 1.30 bits per heavy atom. The van der Waals surface area contributed by atoms with E-state index in [2.05, 4.69) is 11.4 Å². The van der Waals surface area contributed by atoms with Crippen molar-refractivity contribution in [1.82, 2.24) is 10.2 Å². The van der Waals surface area contributed by atoms with Crippen LogP contribution in [0.3, 0.4) is 0 Å². The Balaban J connectivity index is 1.73. The highest BCUT2D eigenvalue weighted by molar-refractivity contribution is 5.22. The van der Waals surface area contributed by atoms with Crippen molar-refractivity contribution >= 4 is 0 Å². The van der Waals surface area contributed by atoms with E-state index in [-0.39, 0.29) is 11.7 Å². The van der Waals surface area contributed by atoms with Crippen LogP contribution in [0.5, 0.6) is 0 Å². The smallest absolute Gasteiger partial charge is 0.196 e. The summed E-state index contributed by atoms with van der Waals surface area (Å²) >= 11 is 0. The second kappa shape index (κ2) is 6.75. The van der Waals surface area contributed by atoms with Gasteiger partial charge in [0.2, 0.25) is 0 Å². The van der Waals surface area contributed by atoms with Crippen LogP contribution in [0.15, 0.2) is 11.8 Å². The summed E-state index contributed by atoms with van der Waals surface area (Å²) in [4.78, 5) is 1.11. The monoisotopic (exact) mass is 326 g/mol. The normalized spacial score (nSPS) is 44.2. The molecule has 0 aromatic rings. The summed E-state index contributed by atoms with van der Waals surface area (Å²) in [7, 11) is 0. The number of nitrogens with zero attached hydrogens (tertiary/aromatic N) is 1. The molecule has 5 N–H and O–H groups in total. The number of aliphatic hydroxyl groups is 4. The molecule has 3 rings (SSSR count). The summed E-state index contributed by atoms with van der Waals surface area (Å²) < 4.78 is 11.3. The van der Waals surface area contributed by atoms with E-state index in [1.165, 1.54) is 6.20 Å². The van der Waals surface area contributed by atoms with E-state index in [0.29, 0.717) is 13.0 Å². The quantitative estimate of drug-likeness (QED) is 0.379. The molecule has 0 bridgehead atoms. The van der Waals surface area contributed by atoms with Crippen molar-refractivity contribution in [3.63, 3.8) is 0 Å². The molecule has 3 unspecified atom stereocenters. The van der Waals surface area contributed by atoms with E-state index in [9.17, 15) is 20.4 Å². The Morgan fingerprint density at radius 2 is 2.09 bits per heavy atom. The Morgan fingerprint density at radius 3 is 2.74 bits per heavy atom. The highest BCUT2D eigenvalue weighted by atomic mass is 16.5. The molecule has 8 heteroatoms. The van der Waals surface area contributed by atoms with Gasteiger partial charge in [0.25, 0.3) is 0 Å². The van der Waals surface area contributed by atoms with E-state index < -0.39 is 37.0 Å². The van der Waals surface area contributed by atoms with Gasteiger partial charge in [-0.1, -0.05) is 6.42 Å². The third kappa shape index (κ3) is 3.22. The fourth-order valence-electron chi connectivity index (χ4n) is 3.26. The Kier molecular flexibility index (Phi) is 4.89. The van der Waals surface area contributed by atoms with Crippen LogP contribution in [0.4, 0.5) is 0 Å². The molecule has 0 aliphatic carbocycles. The van der Waals surface area contributed by atoms with E-state index in [1.807, 2.05) is 0 Å². The first-order chi connectivity index (χ1) is 11.0. The van der Waals surface area contributed by atoms with Gasteiger partial charge in [0, 0.05) is 30.8 Å². The summed E-state index contributed by atoms with van der Waals surface area (Å²) in [5.74, 6) is 0. The van der Waals surface area contributed by atoms with Crippen LogP contribution >= 0.6 is 0 Å². The lowest BCUT2D eigenvalue weighted by Gasteiger charge is -2.34. The highest BCUT2D eigenvalue weighted by Crippen LogP contribution is 2.33. The van der Waals surface area contributed by atoms with Gasteiger partial charge in [0.05, 0.1) is 12.2 Å². The largest absolute Gasteiger partial charge is 0.388 e. The second-order valence-corrected chi connectivity index (χ2v) is 6.06. The third-order valence-corrected chi connectivity index (χ3v) is 4.53. The molecule has 0 saturated carbocycles. The van der Waals surface area contributed by atoms with E-state index in [4.69, 9.17) is 15.9 Å². The number of ether oxygens (including phenoxy) is 2. The fraction of sp³-hybridized carbons (Fsp3) is 0.733. The van der Waals surface area contributed by atoms with Gasteiger partial charge in [-0.3, -0.25) is 4.90 Å². The van der Waals surface area contributed by atoms with Crippen molar-refractivity contribution in [1.29, 1.82) is 0 Å². The molecular weight excluding hydrogens is 304 g/mol. The maximum atomic E-state index is 10.3. The summed E-state index contributed by atoms with van der Waals surface area (Å²) in [6, 6.07) is 2.24. The molecule has 3 heterocycles. The van der Waals surface area contributed by atoms with Crippen LogP contribution in [0.2, 0.25) is 0 Å². The molecule has 8 nitrogen and oxygen atoms in total. The van der Waals surface area contributed by atoms with Crippen LogP contribution < -0.4 is 5.32 Å². The van der Waals surface area contributed by atoms with E-state index in [0.717, 1.165) is 17.7 Å². The van der Waals surface area contributed by atoms with Crippen LogP contribution in [0.25, 0.3) is 0 Å². The molecule has 2 saturated heterocycles. The number of terminal acetylenes is 1. The summed E-state index contributed by atoms with van der Waals surface area (Å²) in [6.45, 7) is 0.697. The minimum Gasteiger partial charge on any atom is -0.388 e. The number of rotatable bonds is 3. The third-order valence-electron chi connectivity index (χ3n) is 4.53. The number of hydrogen-bond donors (Lipinski definition) is 5. The molecule has 3 aliphatic rings. The standard InChI is InChI=1S/C15H22N2O6/c1-2-17-7-9(14(20)16-15(17)21)13-12(19)11(18)10(23-13)6-8-4-3-5-22-8/h1,7-8,10-16,18-21H,3-6H2/t8?,10-,11-,12-,13+,14?,15?/m1/s1. The summed E-state index contributed by atoms with van der Waals surface area (Å²) in [5.41, 5.74) is 0.259. The number of nitrogens with one attached hydrogen (secondary N) is 1. The molecular formula is C15H22N2O6. The highest BCUT2D eigenvalue weighted by Gasteiger charge is 2.47. The Hall–Kier alpha value is -1.18. The summed E-state index contributed by atoms with van der Waals surface area (Å²) in [6.07, 6.45) is 2.75. The average molecular weight is 326 g/mol. The van der Waals surface area contributed by atoms with Crippen molar-refractivity contribution in [3.05, 3.63) is 11.8 Å². The lowest BCUT2D eigenvalue weighted by atomic mass is 9.98. The first-order valence-electron chi connectivity index (χ1n) is 7.73. The predicted octanol–water partition coefficient (Wildman–Crippen LogP) is -1.98. The number of hydrogen-bond acceptors (Lipinski definition) is 8. The Labute approximate surface area is 134 Å². The molecule has 128 valence electrons. The van der Waals surface area contributed by atoms with Gasteiger partial charge in [-0.15, -0.1) is 0 Å². The minimum absolute atomic E-state index is 0.00742. The topological polar surface area (TPSA) is 115 Å². The Bertz CT molecular complexity index is 501. The van der Waals surface area contributed by atoms with Crippen molar-refractivity contribution in [2.45, 2.75) is 62.4 Å². The molecule has 7 atom stereocenters. The van der Waals surface area contributed by atoms with Crippen molar-refractivity contribution in [2.24, 2.45) is 0 Å². The average Bonchev–Trinajstić information content (AvgIpc) is 3.12. The van der Waals surface area contributed by atoms with Gasteiger partial charge in [-0.25, -0.2) is 5.32 Å². The molecule has 2 fully saturated rings. The lowest BCUT2D eigenvalue weighted by molar-refractivity contribution is -0.0473. The maximum absolute atomic E-state index is 10.3. The van der Waals surface area contributed by atoms with Crippen LogP contribution in [-0.2, 0) is 9.47 Å². The SMILES string of the molecule is C#CN1C=C([C@@H]2O[C@H](CC3CCCO3)[C@@H](O)[C@H]2O)C(O)NC1O. The molecule has 3 aliphatic heterocycles. The molecule has 0 aromatic carbocycles. The molecule has 0 amide bonds. The molecule has 0 spiro atoms. The van der Waals surface area contributed by atoms with Gasteiger partial charge in [0.15, 0.2) is 6.35 Å². The zero-order chi connectivity index (χ0) is 16.6. The molecule has 23 heavy (non-hydrogen) atoms. The van der Waals surface area contributed by atoms with Crippen LogP contribution in [0, 0.1) is 12.5 Å². The van der Waals surface area contributed by atoms with Gasteiger partial charge in [-0.05, 0) is 12.8 Å².